The molecular formula is C20H15ClF3N3OS. The van der Waals surface area contributed by atoms with Crippen LogP contribution in [0.3, 0.4) is 0 Å². The number of benzene rings is 1. The van der Waals surface area contributed by atoms with Gasteiger partial charge in [-0.05, 0) is 35.9 Å². The summed E-state index contributed by atoms with van der Waals surface area (Å²) >= 11 is 7.05. The Kier molecular flexibility index (Phi) is 6.66. The topological polar surface area (TPSA) is 54.9 Å². The van der Waals surface area contributed by atoms with Gasteiger partial charge in [-0.3, -0.25) is 9.78 Å². The summed E-state index contributed by atoms with van der Waals surface area (Å²) in [4.78, 5) is 20.6. The number of alkyl halides is 3. The first-order valence-electron chi connectivity index (χ1n) is 8.51. The predicted molar refractivity (Wildman–Crippen MR) is 108 cm³/mol. The molecule has 1 amide bonds. The number of hydrogen-bond acceptors (Lipinski definition) is 4. The van der Waals surface area contributed by atoms with Gasteiger partial charge in [-0.2, -0.15) is 13.2 Å². The Morgan fingerprint density at radius 3 is 2.76 bits per heavy atom. The predicted octanol–water partition coefficient (Wildman–Crippen LogP) is 5.25. The van der Waals surface area contributed by atoms with Crippen LogP contribution in [0.1, 0.15) is 16.1 Å². The highest BCUT2D eigenvalue weighted by molar-refractivity contribution is 7.09. The van der Waals surface area contributed by atoms with E-state index in [0.717, 1.165) is 28.5 Å². The summed E-state index contributed by atoms with van der Waals surface area (Å²) in [6.07, 6.45) is 0.175. The maximum Gasteiger partial charge on any atom is 0.417 e. The molecule has 0 aliphatic heterocycles. The Labute approximate surface area is 174 Å². The zero-order valence-electron chi connectivity index (χ0n) is 14.9. The third-order valence-corrected chi connectivity index (χ3v) is 5.08. The number of thiazole rings is 1. The van der Waals surface area contributed by atoms with E-state index in [1.807, 2.05) is 23.6 Å². The van der Waals surface area contributed by atoms with Crippen LogP contribution in [0.4, 0.5) is 13.2 Å². The van der Waals surface area contributed by atoms with Crippen LogP contribution < -0.4 is 5.32 Å². The molecule has 150 valence electrons. The SMILES string of the molecule is O=C(/C=C/c1ccc(Cl)c(C(F)(F)F)c1)NCCc1nc(-c2ccccn2)cs1. The van der Waals surface area contributed by atoms with E-state index >= 15 is 0 Å². The van der Waals surface area contributed by atoms with E-state index in [-0.39, 0.29) is 10.6 Å². The molecule has 2 aromatic heterocycles. The van der Waals surface area contributed by atoms with Crippen molar-refractivity contribution in [2.45, 2.75) is 12.6 Å². The quantitative estimate of drug-likeness (QED) is 0.536. The lowest BCUT2D eigenvalue weighted by Crippen LogP contribution is -2.23. The maximum atomic E-state index is 12.9. The van der Waals surface area contributed by atoms with Gasteiger partial charge in [0, 0.05) is 30.6 Å². The number of carbonyl (C=O) groups excluding carboxylic acids is 1. The summed E-state index contributed by atoms with van der Waals surface area (Å²) in [5, 5.41) is 5.05. The van der Waals surface area contributed by atoms with E-state index in [1.165, 1.54) is 29.6 Å². The molecule has 0 radical (unpaired) electrons. The Balaban J connectivity index is 1.52. The molecule has 1 aromatic carbocycles. The molecule has 4 nitrogen and oxygen atoms in total. The molecule has 0 bridgehead atoms. The first-order chi connectivity index (χ1) is 13.8. The number of pyridine rings is 1. The summed E-state index contributed by atoms with van der Waals surface area (Å²) in [5.74, 6) is -0.407. The number of carbonyl (C=O) groups is 1. The van der Waals surface area contributed by atoms with Gasteiger partial charge in [0.25, 0.3) is 0 Å². The Bertz CT molecular complexity index is 1020. The molecular weight excluding hydrogens is 423 g/mol. The third kappa shape index (κ3) is 5.88. The van der Waals surface area contributed by atoms with E-state index < -0.39 is 17.6 Å². The average Bonchev–Trinajstić information content (AvgIpc) is 3.16. The Morgan fingerprint density at radius 1 is 1.21 bits per heavy atom. The normalized spacial score (nSPS) is 11.7. The number of halogens is 4. The molecule has 0 fully saturated rings. The summed E-state index contributed by atoms with van der Waals surface area (Å²) in [6.45, 7) is 0.354. The van der Waals surface area contributed by atoms with Gasteiger partial charge in [-0.25, -0.2) is 4.98 Å². The molecule has 0 aliphatic rings. The third-order valence-electron chi connectivity index (χ3n) is 3.84. The van der Waals surface area contributed by atoms with Crippen LogP contribution in [0.15, 0.2) is 54.1 Å². The van der Waals surface area contributed by atoms with E-state index in [4.69, 9.17) is 11.6 Å². The number of nitrogens with one attached hydrogen (secondary N) is 1. The fraction of sp³-hybridized carbons (Fsp3) is 0.150. The second-order valence-electron chi connectivity index (χ2n) is 5.95. The van der Waals surface area contributed by atoms with Crippen molar-refractivity contribution >= 4 is 34.9 Å². The minimum atomic E-state index is -4.55. The van der Waals surface area contributed by atoms with Crippen LogP contribution >= 0.6 is 22.9 Å². The van der Waals surface area contributed by atoms with Crippen LogP contribution in [0, 0.1) is 0 Å². The lowest BCUT2D eigenvalue weighted by atomic mass is 10.1. The molecule has 0 unspecified atom stereocenters. The van der Waals surface area contributed by atoms with Gasteiger partial charge in [-0.15, -0.1) is 11.3 Å². The van der Waals surface area contributed by atoms with E-state index in [0.29, 0.717) is 13.0 Å². The van der Waals surface area contributed by atoms with Gasteiger partial charge in [-0.1, -0.05) is 23.7 Å². The molecule has 2 heterocycles. The minimum Gasteiger partial charge on any atom is -0.352 e. The van der Waals surface area contributed by atoms with Crippen molar-refractivity contribution in [3.63, 3.8) is 0 Å². The van der Waals surface area contributed by atoms with Gasteiger partial charge in [0.15, 0.2) is 0 Å². The minimum absolute atomic E-state index is 0.233. The van der Waals surface area contributed by atoms with Crippen LogP contribution in [0.25, 0.3) is 17.5 Å². The zero-order chi connectivity index (χ0) is 20.9. The summed E-state index contributed by atoms with van der Waals surface area (Å²) in [5.41, 5.74) is 0.856. The van der Waals surface area contributed by atoms with Crippen LogP contribution in [-0.2, 0) is 17.4 Å². The maximum absolute atomic E-state index is 12.9. The molecule has 3 rings (SSSR count). The zero-order valence-corrected chi connectivity index (χ0v) is 16.5. The first kappa shape index (κ1) is 21.0. The molecule has 0 spiro atoms. The molecule has 0 atom stereocenters. The largest absolute Gasteiger partial charge is 0.417 e. The van der Waals surface area contributed by atoms with Gasteiger partial charge < -0.3 is 5.32 Å². The van der Waals surface area contributed by atoms with Gasteiger partial charge in [0.2, 0.25) is 5.91 Å². The van der Waals surface area contributed by atoms with Crippen molar-refractivity contribution in [2.75, 3.05) is 6.54 Å². The van der Waals surface area contributed by atoms with E-state index in [2.05, 4.69) is 15.3 Å². The lowest BCUT2D eigenvalue weighted by molar-refractivity contribution is -0.137. The molecule has 9 heteroatoms. The monoisotopic (exact) mass is 437 g/mol. The van der Waals surface area contributed by atoms with E-state index in [9.17, 15) is 18.0 Å². The second-order valence-corrected chi connectivity index (χ2v) is 7.30. The number of amides is 1. The summed E-state index contributed by atoms with van der Waals surface area (Å²) in [6, 6.07) is 9.05. The molecule has 3 aromatic rings. The smallest absolute Gasteiger partial charge is 0.352 e. The highest BCUT2D eigenvalue weighted by Crippen LogP contribution is 2.35. The number of rotatable bonds is 6. The highest BCUT2D eigenvalue weighted by Gasteiger charge is 2.33. The van der Waals surface area contributed by atoms with Crippen LogP contribution in [0.5, 0.6) is 0 Å². The molecule has 0 aliphatic carbocycles. The first-order valence-corrected chi connectivity index (χ1v) is 9.77. The van der Waals surface area contributed by atoms with E-state index in [1.54, 1.807) is 6.20 Å². The fourth-order valence-electron chi connectivity index (χ4n) is 2.44. The fourth-order valence-corrected chi connectivity index (χ4v) is 3.46. The number of nitrogens with zero attached hydrogens (tertiary/aromatic N) is 2. The molecule has 1 N–H and O–H groups in total. The second kappa shape index (κ2) is 9.19. The van der Waals surface area contributed by atoms with Crippen molar-refractivity contribution in [2.24, 2.45) is 0 Å². The lowest BCUT2D eigenvalue weighted by Gasteiger charge is -2.09. The number of hydrogen-bond donors (Lipinski definition) is 1. The Morgan fingerprint density at radius 2 is 2.03 bits per heavy atom. The molecule has 0 saturated carbocycles. The summed E-state index contributed by atoms with van der Waals surface area (Å²) < 4.78 is 38.6. The highest BCUT2D eigenvalue weighted by atomic mass is 35.5. The van der Waals surface area contributed by atoms with Crippen molar-refractivity contribution in [3.8, 4) is 11.4 Å². The van der Waals surface area contributed by atoms with Crippen molar-refractivity contribution in [1.82, 2.24) is 15.3 Å². The average molecular weight is 438 g/mol. The Hall–Kier alpha value is -2.71. The van der Waals surface area contributed by atoms with Gasteiger partial charge >= 0.3 is 6.18 Å². The molecule has 0 saturated heterocycles. The van der Waals surface area contributed by atoms with Gasteiger partial charge in [0.1, 0.15) is 0 Å². The van der Waals surface area contributed by atoms with Crippen molar-refractivity contribution in [1.29, 1.82) is 0 Å². The van der Waals surface area contributed by atoms with Crippen molar-refractivity contribution in [3.05, 3.63) is 75.2 Å². The molecule has 29 heavy (non-hydrogen) atoms. The van der Waals surface area contributed by atoms with Crippen molar-refractivity contribution < 1.29 is 18.0 Å². The van der Waals surface area contributed by atoms with Gasteiger partial charge in [0.05, 0.1) is 27.0 Å². The van der Waals surface area contributed by atoms with Crippen LogP contribution in [0.2, 0.25) is 5.02 Å². The number of aromatic nitrogens is 2. The van der Waals surface area contributed by atoms with Crippen LogP contribution in [-0.4, -0.2) is 22.4 Å². The standard InChI is InChI=1S/C20H15ClF3N3OS/c21-15-6-4-13(11-14(15)20(22,23)24)5-7-18(28)26-10-8-19-27-17(12-29-19)16-3-1-2-9-25-16/h1-7,9,11-12H,8,10H2,(H,26,28)/b7-5+. The summed E-state index contributed by atoms with van der Waals surface area (Å²) in [7, 11) is 0.